The van der Waals surface area contributed by atoms with Gasteiger partial charge in [0.2, 0.25) is 15.9 Å². The number of thioether (sulfide) groups is 1. The molecule has 0 heterocycles. The minimum atomic E-state index is -3.62. The van der Waals surface area contributed by atoms with Gasteiger partial charge in [0.1, 0.15) is 5.75 Å². The Balaban J connectivity index is 0.00000450. The van der Waals surface area contributed by atoms with Gasteiger partial charge in [0.15, 0.2) is 5.75 Å². The molecule has 2 aromatic rings. The van der Waals surface area contributed by atoms with E-state index in [2.05, 4.69) is 10.0 Å². The molecule has 0 bridgehead atoms. The molecule has 0 aromatic heterocycles. The molecular formula is C18H20N3NaO6S2. The molecule has 12 heteroatoms. The first-order chi connectivity index (χ1) is 13.5. The Hall–Kier alpha value is -1.92. The van der Waals surface area contributed by atoms with Gasteiger partial charge in [-0.25, -0.2) is 8.42 Å². The summed E-state index contributed by atoms with van der Waals surface area (Å²) in [7, 11) is -3.62. The molecule has 9 nitrogen and oxygen atoms in total. The number of carboxylic acid groups (broad SMARTS) is 1. The number of hydrogen-bond acceptors (Lipinski definition) is 8. The molecule has 1 atom stereocenters. The van der Waals surface area contributed by atoms with E-state index in [0.717, 1.165) is 18.0 Å². The van der Waals surface area contributed by atoms with Gasteiger partial charge in [-0.15, -0.1) is 11.8 Å². The summed E-state index contributed by atoms with van der Waals surface area (Å²) in [6.45, 7) is 1.19. The Morgan fingerprint density at radius 2 is 1.87 bits per heavy atom. The zero-order valence-corrected chi connectivity index (χ0v) is 20.3. The van der Waals surface area contributed by atoms with Crippen LogP contribution in [0.15, 0.2) is 47.4 Å². The number of ether oxygens (including phenoxy) is 1. The van der Waals surface area contributed by atoms with Crippen LogP contribution in [0.25, 0.3) is 0 Å². The van der Waals surface area contributed by atoms with E-state index >= 15 is 0 Å². The second-order valence-corrected chi connectivity index (χ2v) is 8.87. The number of carboxylic acids is 1. The molecule has 2 aromatic carbocycles. The zero-order valence-electron chi connectivity index (χ0n) is 16.7. The Labute approximate surface area is 201 Å². The summed E-state index contributed by atoms with van der Waals surface area (Å²) >= 11 is 1.03. The van der Waals surface area contributed by atoms with Crippen molar-refractivity contribution in [2.24, 2.45) is 0 Å². The second kappa shape index (κ2) is 11.5. The Bertz CT molecular complexity index is 1000. The number of rotatable bonds is 9. The van der Waals surface area contributed by atoms with Crippen LogP contribution in [0.4, 0.5) is 11.4 Å². The predicted octanol–water partition coefficient (Wildman–Crippen LogP) is -2.22. The van der Waals surface area contributed by atoms with Crippen molar-refractivity contribution in [2.45, 2.75) is 17.9 Å². The van der Waals surface area contributed by atoms with Gasteiger partial charge in [-0.05, 0) is 18.2 Å². The van der Waals surface area contributed by atoms with Gasteiger partial charge in [0.25, 0.3) is 0 Å². The molecule has 0 unspecified atom stereocenters. The van der Waals surface area contributed by atoms with Gasteiger partial charge in [0, 0.05) is 29.3 Å². The maximum Gasteiger partial charge on any atom is 1.00 e. The Morgan fingerprint density at radius 1 is 1.23 bits per heavy atom. The summed E-state index contributed by atoms with van der Waals surface area (Å²) in [6, 6.07) is 10.4. The number of para-hydroxylation sites is 1. The normalized spacial score (nSPS) is 11.7. The van der Waals surface area contributed by atoms with Crippen molar-refractivity contribution >= 4 is 45.0 Å². The van der Waals surface area contributed by atoms with Crippen LogP contribution in [0.2, 0.25) is 0 Å². The van der Waals surface area contributed by atoms with Crippen molar-refractivity contribution in [3.05, 3.63) is 42.5 Å². The van der Waals surface area contributed by atoms with Crippen LogP contribution in [0, 0.1) is 0 Å². The van der Waals surface area contributed by atoms with Crippen LogP contribution in [0.1, 0.15) is 6.92 Å². The first-order valence-corrected chi connectivity index (χ1v) is 11.2. The molecule has 30 heavy (non-hydrogen) atoms. The third-order valence-corrected chi connectivity index (χ3v) is 5.20. The fourth-order valence-electron chi connectivity index (χ4n) is 2.27. The monoisotopic (exact) mass is 461 g/mol. The average molecular weight is 461 g/mol. The minimum Gasteiger partial charge on any atom is -0.548 e. The SMILES string of the molecule is CC(=O)N[C@@H](CSc1cc(NS(C)(=O)=O)c(Oc2ccccc2)cc1N)C(=O)[O-].[Na+]. The number of benzene rings is 2. The predicted molar refractivity (Wildman–Crippen MR) is 109 cm³/mol. The van der Waals surface area contributed by atoms with E-state index in [4.69, 9.17) is 10.5 Å². The summed E-state index contributed by atoms with van der Waals surface area (Å²) in [5.41, 5.74) is 6.43. The fraction of sp³-hybridized carbons (Fsp3) is 0.222. The molecule has 0 aliphatic carbocycles. The topological polar surface area (TPSA) is 151 Å². The summed E-state index contributed by atoms with van der Waals surface area (Å²) in [5.74, 6) is -1.36. The molecule has 156 valence electrons. The maximum atomic E-state index is 11.7. The summed E-state index contributed by atoms with van der Waals surface area (Å²) in [4.78, 5) is 22.7. The number of hydrogen-bond donors (Lipinski definition) is 3. The average Bonchev–Trinajstić information content (AvgIpc) is 2.61. The number of amides is 1. The minimum absolute atomic E-state index is 0. The van der Waals surface area contributed by atoms with Crippen LogP contribution < -0.4 is 55.2 Å². The number of nitrogen functional groups attached to an aromatic ring is 1. The van der Waals surface area contributed by atoms with Crippen molar-refractivity contribution in [1.82, 2.24) is 5.32 Å². The number of nitrogens with two attached hydrogens (primary N) is 1. The number of sulfonamides is 1. The van der Waals surface area contributed by atoms with E-state index in [1.165, 1.54) is 19.1 Å². The molecular weight excluding hydrogens is 441 g/mol. The maximum absolute atomic E-state index is 11.7. The largest absolute Gasteiger partial charge is 1.00 e. The Kier molecular flexibility index (Phi) is 9.98. The van der Waals surface area contributed by atoms with Crippen molar-refractivity contribution in [2.75, 3.05) is 22.5 Å². The first kappa shape index (κ1) is 26.1. The molecule has 2 rings (SSSR count). The van der Waals surface area contributed by atoms with Crippen molar-refractivity contribution in [3.63, 3.8) is 0 Å². The number of carbonyl (C=O) groups is 2. The van der Waals surface area contributed by atoms with E-state index in [-0.39, 0.29) is 52.4 Å². The van der Waals surface area contributed by atoms with Gasteiger partial charge in [-0.2, -0.15) is 0 Å². The van der Waals surface area contributed by atoms with Crippen LogP contribution in [0.3, 0.4) is 0 Å². The van der Waals surface area contributed by atoms with Crippen LogP contribution in [-0.4, -0.2) is 38.3 Å². The van der Waals surface area contributed by atoms with E-state index in [1.54, 1.807) is 30.3 Å². The third kappa shape index (κ3) is 8.44. The Morgan fingerprint density at radius 3 is 2.40 bits per heavy atom. The standard InChI is InChI=1S/C18H21N3O6S2.Na/c1-11(22)20-15(18(23)24)10-28-17-9-14(21-29(2,25)26)16(8-13(17)19)27-12-6-4-3-5-7-12;/h3-9,15,21H,10,19H2,1-2H3,(H,20,22)(H,23,24);/q;+1/p-1/t15-;/m0./s1. The first-order valence-electron chi connectivity index (χ1n) is 8.30. The van der Waals surface area contributed by atoms with Gasteiger partial charge >= 0.3 is 29.6 Å². The van der Waals surface area contributed by atoms with Gasteiger partial charge in [0.05, 0.1) is 24.0 Å². The van der Waals surface area contributed by atoms with E-state index < -0.39 is 27.9 Å². The molecule has 0 spiro atoms. The summed E-state index contributed by atoms with van der Waals surface area (Å²) in [5, 5.41) is 13.4. The summed E-state index contributed by atoms with van der Waals surface area (Å²) < 4.78 is 31.6. The molecule has 0 saturated carbocycles. The molecule has 0 aliphatic rings. The molecule has 0 saturated heterocycles. The van der Waals surface area contributed by atoms with E-state index in [0.29, 0.717) is 10.6 Å². The summed E-state index contributed by atoms with van der Waals surface area (Å²) in [6.07, 6.45) is 0.991. The van der Waals surface area contributed by atoms with Gasteiger partial charge in [-0.1, -0.05) is 18.2 Å². The van der Waals surface area contributed by atoms with Crippen molar-refractivity contribution in [3.8, 4) is 11.5 Å². The second-order valence-electron chi connectivity index (χ2n) is 6.06. The number of carbonyl (C=O) groups excluding carboxylic acids is 2. The zero-order chi connectivity index (χ0) is 21.6. The quantitative estimate of drug-likeness (QED) is 0.216. The fourth-order valence-corrected chi connectivity index (χ4v) is 3.82. The van der Waals surface area contributed by atoms with E-state index in [1.807, 2.05) is 0 Å². The number of anilines is 2. The molecule has 0 fully saturated rings. The van der Waals surface area contributed by atoms with Gasteiger partial charge < -0.3 is 25.7 Å². The number of nitrogens with one attached hydrogen (secondary N) is 2. The molecule has 0 radical (unpaired) electrons. The van der Waals surface area contributed by atoms with Crippen molar-refractivity contribution < 1.29 is 57.4 Å². The van der Waals surface area contributed by atoms with Gasteiger partial charge in [-0.3, -0.25) is 9.52 Å². The van der Waals surface area contributed by atoms with Crippen molar-refractivity contribution in [1.29, 1.82) is 0 Å². The molecule has 4 N–H and O–H groups in total. The third-order valence-electron chi connectivity index (χ3n) is 3.45. The smallest absolute Gasteiger partial charge is 0.548 e. The molecule has 0 aliphatic heterocycles. The van der Waals surface area contributed by atoms with Crippen LogP contribution in [0.5, 0.6) is 11.5 Å². The number of aliphatic carboxylic acids is 1. The van der Waals surface area contributed by atoms with Crippen LogP contribution in [-0.2, 0) is 19.6 Å². The molecule has 1 amide bonds. The van der Waals surface area contributed by atoms with Crippen LogP contribution >= 0.6 is 11.8 Å². The van der Waals surface area contributed by atoms with E-state index in [9.17, 15) is 23.1 Å².